The fraction of sp³-hybridized carbons (Fsp3) is 0.273. The lowest BCUT2D eigenvalue weighted by Gasteiger charge is -2.14. The summed E-state index contributed by atoms with van der Waals surface area (Å²) in [5.41, 5.74) is 1.72. The van der Waals surface area contributed by atoms with Crippen LogP contribution in [0.4, 0.5) is 4.79 Å². The van der Waals surface area contributed by atoms with Gasteiger partial charge in [0.1, 0.15) is 0 Å². The predicted octanol–water partition coefficient (Wildman–Crippen LogP) is 6.32. The second-order valence-corrected chi connectivity index (χ2v) is 9.91. The van der Waals surface area contributed by atoms with Crippen molar-refractivity contribution >= 4 is 74.2 Å². The summed E-state index contributed by atoms with van der Waals surface area (Å²) in [6, 6.07) is 11.6. The summed E-state index contributed by atoms with van der Waals surface area (Å²) in [5, 5.41) is -0.257. The number of imide groups is 1. The molecule has 0 atom stereocenters. The first kappa shape index (κ1) is 23.4. The normalized spacial score (nSPS) is 15.2. The molecule has 0 aliphatic carbocycles. The number of hydrogen-bond donors (Lipinski definition) is 0. The number of halogens is 2. The Hall–Kier alpha value is -1.27. The van der Waals surface area contributed by atoms with Crippen LogP contribution in [0.2, 0.25) is 0 Å². The van der Waals surface area contributed by atoms with Crippen LogP contribution in [0.1, 0.15) is 31.4 Å². The van der Waals surface area contributed by atoms with E-state index in [2.05, 4.69) is 45.2 Å². The average molecular weight is 649 g/mol. The molecule has 5 nitrogen and oxygen atoms in total. The summed E-state index contributed by atoms with van der Waals surface area (Å²) in [4.78, 5) is 27.0. The molecular weight excluding hydrogens is 628 g/mol. The second kappa shape index (κ2) is 10.9. The van der Waals surface area contributed by atoms with E-state index in [0.717, 1.165) is 36.4 Å². The Bertz CT molecular complexity index is 976. The number of benzene rings is 2. The molecule has 0 saturated carbocycles. The highest BCUT2D eigenvalue weighted by molar-refractivity contribution is 14.1. The van der Waals surface area contributed by atoms with E-state index in [0.29, 0.717) is 29.6 Å². The third kappa shape index (κ3) is 5.70. The summed E-state index contributed by atoms with van der Waals surface area (Å²) in [7, 11) is 0. The Balaban J connectivity index is 1.84. The van der Waals surface area contributed by atoms with Crippen LogP contribution >= 0.6 is 56.9 Å². The lowest BCUT2D eigenvalue weighted by atomic mass is 10.1. The van der Waals surface area contributed by atoms with E-state index in [1.165, 1.54) is 4.90 Å². The SMILES string of the molecule is CCCOc1c(I)cc(/C=C2\SC(=O)N(Cc3ccc(I)cc3)C2=O)cc1OCC. The van der Waals surface area contributed by atoms with Crippen molar-refractivity contribution < 1.29 is 19.1 Å². The molecule has 1 aliphatic heterocycles. The summed E-state index contributed by atoms with van der Waals surface area (Å²) in [6.07, 6.45) is 2.64. The average Bonchev–Trinajstić information content (AvgIpc) is 2.96. The fourth-order valence-electron chi connectivity index (χ4n) is 2.84. The Kier molecular flexibility index (Phi) is 8.46. The highest BCUT2D eigenvalue weighted by Crippen LogP contribution is 2.38. The lowest BCUT2D eigenvalue weighted by Crippen LogP contribution is -2.27. The van der Waals surface area contributed by atoms with Crippen LogP contribution in [-0.4, -0.2) is 29.3 Å². The van der Waals surface area contributed by atoms with Gasteiger partial charge in [0, 0.05) is 3.57 Å². The number of rotatable bonds is 8. The van der Waals surface area contributed by atoms with Gasteiger partial charge in [-0.25, -0.2) is 0 Å². The van der Waals surface area contributed by atoms with Crippen molar-refractivity contribution in [3.63, 3.8) is 0 Å². The minimum absolute atomic E-state index is 0.257. The number of carbonyl (C=O) groups is 2. The molecule has 0 N–H and O–H groups in total. The van der Waals surface area contributed by atoms with E-state index in [-0.39, 0.29) is 17.7 Å². The van der Waals surface area contributed by atoms with E-state index >= 15 is 0 Å². The first-order valence-electron chi connectivity index (χ1n) is 9.51. The summed E-state index contributed by atoms with van der Waals surface area (Å²) in [6.45, 7) is 5.35. The van der Waals surface area contributed by atoms with E-state index in [4.69, 9.17) is 9.47 Å². The maximum atomic E-state index is 12.9. The van der Waals surface area contributed by atoms with Crippen LogP contribution < -0.4 is 9.47 Å². The first-order chi connectivity index (χ1) is 14.4. The molecule has 30 heavy (non-hydrogen) atoms. The summed E-state index contributed by atoms with van der Waals surface area (Å²) in [5.74, 6) is 1.08. The van der Waals surface area contributed by atoms with Gasteiger partial charge in [0.05, 0.1) is 28.2 Å². The molecule has 0 radical (unpaired) electrons. The van der Waals surface area contributed by atoms with Gasteiger partial charge in [-0.3, -0.25) is 14.5 Å². The van der Waals surface area contributed by atoms with Gasteiger partial charge in [-0.15, -0.1) is 0 Å². The quantitative estimate of drug-likeness (QED) is 0.248. The van der Waals surface area contributed by atoms with Crippen LogP contribution in [0.5, 0.6) is 11.5 Å². The number of thioether (sulfide) groups is 1. The summed E-state index contributed by atoms with van der Waals surface area (Å²) < 4.78 is 13.6. The molecule has 0 bridgehead atoms. The Labute approximate surface area is 207 Å². The van der Waals surface area contributed by atoms with Gasteiger partial charge in [-0.2, -0.15) is 0 Å². The van der Waals surface area contributed by atoms with Crippen LogP contribution in [0.15, 0.2) is 41.3 Å². The number of nitrogens with zero attached hydrogens (tertiary/aromatic N) is 1. The molecule has 8 heteroatoms. The van der Waals surface area contributed by atoms with E-state index in [1.807, 2.05) is 50.2 Å². The highest BCUT2D eigenvalue weighted by Gasteiger charge is 2.35. The van der Waals surface area contributed by atoms with Gasteiger partial charge in [0.2, 0.25) is 0 Å². The van der Waals surface area contributed by atoms with Gasteiger partial charge in [0.15, 0.2) is 11.5 Å². The topological polar surface area (TPSA) is 55.8 Å². The lowest BCUT2D eigenvalue weighted by molar-refractivity contribution is -0.123. The number of amides is 2. The fourth-order valence-corrected chi connectivity index (χ4v) is 4.82. The molecule has 1 saturated heterocycles. The Morgan fingerprint density at radius 2 is 1.80 bits per heavy atom. The zero-order valence-corrected chi connectivity index (χ0v) is 21.7. The summed E-state index contributed by atoms with van der Waals surface area (Å²) >= 11 is 5.39. The van der Waals surface area contributed by atoms with Crippen molar-refractivity contribution in [3.05, 3.63) is 59.6 Å². The van der Waals surface area contributed by atoms with Crippen molar-refractivity contribution in [2.24, 2.45) is 0 Å². The van der Waals surface area contributed by atoms with Crippen LogP contribution in [-0.2, 0) is 11.3 Å². The zero-order chi connectivity index (χ0) is 21.7. The number of ether oxygens (including phenoxy) is 2. The number of carbonyl (C=O) groups excluding carboxylic acids is 2. The molecular formula is C22H21I2NO4S. The van der Waals surface area contributed by atoms with E-state index in [1.54, 1.807) is 6.08 Å². The van der Waals surface area contributed by atoms with Crippen LogP contribution in [0.3, 0.4) is 0 Å². The highest BCUT2D eigenvalue weighted by atomic mass is 127. The van der Waals surface area contributed by atoms with Gasteiger partial charge < -0.3 is 9.47 Å². The molecule has 0 unspecified atom stereocenters. The predicted molar refractivity (Wildman–Crippen MR) is 137 cm³/mol. The van der Waals surface area contributed by atoms with E-state index in [9.17, 15) is 9.59 Å². The van der Waals surface area contributed by atoms with E-state index < -0.39 is 0 Å². The van der Waals surface area contributed by atoms with Crippen molar-refractivity contribution in [1.29, 1.82) is 0 Å². The van der Waals surface area contributed by atoms with Gasteiger partial charge in [-0.1, -0.05) is 19.1 Å². The standard InChI is InChI=1S/C22H21I2NO4S/c1-3-9-29-20-17(24)10-15(11-18(20)28-4-2)12-19-21(26)25(22(27)30-19)13-14-5-7-16(23)8-6-14/h5-8,10-12H,3-4,9,13H2,1-2H3/b19-12-. The maximum Gasteiger partial charge on any atom is 0.293 e. The molecule has 1 aliphatic rings. The van der Waals surface area contributed by atoms with Crippen LogP contribution in [0.25, 0.3) is 6.08 Å². The third-order valence-corrected chi connectivity index (χ3v) is 6.64. The maximum absolute atomic E-state index is 12.9. The number of hydrogen-bond acceptors (Lipinski definition) is 5. The molecule has 1 heterocycles. The Morgan fingerprint density at radius 3 is 2.47 bits per heavy atom. The minimum atomic E-state index is -0.275. The van der Waals surface area contributed by atoms with Gasteiger partial charge in [0.25, 0.3) is 11.1 Å². The zero-order valence-electron chi connectivity index (χ0n) is 16.6. The largest absolute Gasteiger partial charge is 0.490 e. The molecule has 2 aromatic carbocycles. The van der Waals surface area contributed by atoms with Crippen LogP contribution in [0, 0.1) is 7.14 Å². The van der Waals surface area contributed by atoms with Gasteiger partial charge >= 0.3 is 0 Å². The molecule has 0 spiro atoms. The minimum Gasteiger partial charge on any atom is -0.490 e. The second-order valence-electron chi connectivity index (χ2n) is 6.51. The van der Waals surface area contributed by atoms with Crippen molar-refractivity contribution in [2.45, 2.75) is 26.8 Å². The van der Waals surface area contributed by atoms with Crippen molar-refractivity contribution in [2.75, 3.05) is 13.2 Å². The molecule has 0 aromatic heterocycles. The molecule has 158 valence electrons. The molecule has 1 fully saturated rings. The molecule has 2 amide bonds. The van der Waals surface area contributed by atoms with Gasteiger partial charge in [-0.05, 0) is 112 Å². The third-order valence-electron chi connectivity index (χ3n) is 4.21. The Morgan fingerprint density at radius 1 is 1.07 bits per heavy atom. The first-order valence-corrected chi connectivity index (χ1v) is 12.5. The van der Waals surface area contributed by atoms with Crippen molar-refractivity contribution in [1.82, 2.24) is 4.90 Å². The smallest absolute Gasteiger partial charge is 0.293 e. The molecule has 3 rings (SSSR count). The van der Waals surface area contributed by atoms with Crippen molar-refractivity contribution in [3.8, 4) is 11.5 Å². The monoisotopic (exact) mass is 649 g/mol. The molecule has 2 aromatic rings.